The van der Waals surface area contributed by atoms with Gasteiger partial charge in [-0.15, -0.1) is 5.10 Å². The van der Waals surface area contributed by atoms with Gasteiger partial charge in [0.05, 0.1) is 12.1 Å². The van der Waals surface area contributed by atoms with E-state index in [4.69, 9.17) is 21.4 Å². The second kappa shape index (κ2) is 8.49. The highest BCUT2D eigenvalue weighted by Gasteiger charge is 2.29. The van der Waals surface area contributed by atoms with E-state index in [9.17, 15) is 9.59 Å². The molecule has 0 unspecified atom stereocenters. The minimum Gasteiger partial charge on any atom is -0.481 e. The molecule has 2 heterocycles. The predicted molar refractivity (Wildman–Crippen MR) is 98.2 cm³/mol. The number of aryl methyl sites for hydroxylation is 1. The van der Waals surface area contributed by atoms with Crippen LogP contribution >= 0.6 is 11.6 Å². The van der Waals surface area contributed by atoms with Crippen molar-refractivity contribution >= 4 is 23.5 Å². The van der Waals surface area contributed by atoms with Gasteiger partial charge in [-0.05, 0) is 44.0 Å². The lowest BCUT2D eigenvalue weighted by Gasteiger charge is -2.33. The molecule has 3 rings (SSSR count). The van der Waals surface area contributed by atoms with Crippen LogP contribution in [0.15, 0.2) is 24.3 Å². The zero-order valence-electron chi connectivity index (χ0n) is 15.0. The van der Waals surface area contributed by atoms with Gasteiger partial charge in [0.15, 0.2) is 0 Å². The number of aromatic nitrogens is 3. The monoisotopic (exact) mass is 392 g/mol. The van der Waals surface area contributed by atoms with E-state index in [2.05, 4.69) is 10.1 Å². The van der Waals surface area contributed by atoms with Crippen molar-refractivity contribution in [3.05, 3.63) is 40.9 Å². The fourth-order valence-electron chi connectivity index (χ4n) is 3.10. The lowest BCUT2D eigenvalue weighted by atomic mass is 10.1. The van der Waals surface area contributed by atoms with Gasteiger partial charge in [-0.3, -0.25) is 9.59 Å². The van der Waals surface area contributed by atoms with E-state index in [1.54, 1.807) is 40.8 Å². The minimum atomic E-state index is -0.948. The highest BCUT2D eigenvalue weighted by molar-refractivity contribution is 6.30. The maximum atomic E-state index is 13.0. The van der Waals surface area contributed by atoms with Crippen LogP contribution in [0.3, 0.4) is 0 Å². The molecule has 0 spiro atoms. The zero-order chi connectivity index (χ0) is 19.4. The Labute approximate surface area is 161 Å². The van der Waals surface area contributed by atoms with Gasteiger partial charge >= 0.3 is 5.97 Å². The van der Waals surface area contributed by atoms with E-state index in [-0.39, 0.29) is 30.7 Å². The number of carbonyl (C=O) groups is 2. The summed E-state index contributed by atoms with van der Waals surface area (Å²) in [6.07, 6.45) is 1.21. The number of nitrogens with zero attached hydrogens (tertiary/aromatic N) is 4. The molecular weight excluding hydrogens is 372 g/mol. The molecule has 27 heavy (non-hydrogen) atoms. The second-order valence-corrected chi connectivity index (χ2v) is 6.79. The van der Waals surface area contributed by atoms with Crippen molar-refractivity contribution in [2.45, 2.75) is 32.2 Å². The molecule has 1 saturated heterocycles. The molecule has 1 N–H and O–H groups in total. The molecular formula is C18H21ClN4O4. The quantitative estimate of drug-likeness (QED) is 0.810. The smallest absolute Gasteiger partial charge is 0.305 e. The summed E-state index contributed by atoms with van der Waals surface area (Å²) < 4.78 is 6.92. The standard InChI is InChI=1S/C18H21ClN4O4/c1-12-20-17(21-23(12)15-4-2-13(19)3-5-15)18(26)22(9-6-16(24)25)14-7-10-27-11-8-14/h2-5,14H,6-11H2,1H3,(H,24,25). The Morgan fingerprint density at radius 3 is 2.59 bits per heavy atom. The summed E-state index contributed by atoms with van der Waals surface area (Å²) >= 11 is 5.92. The molecule has 0 saturated carbocycles. The Hall–Kier alpha value is -2.45. The van der Waals surface area contributed by atoms with Crippen molar-refractivity contribution in [2.24, 2.45) is 0 Å². The largest absolute Gasteiger partial charge is 0.481 e. The fraction of sp³-hybridized carbons (Fsp3) is 0.444. The maximum Gasteiger partial charge on any atom is 0.305 e. The number of carbonyl (C=O) groups excluding carboxylic acids is 1. The van der Waals surface area contributed by atoms with E-state index >= 15 is 0 Å². The first-order valence-electron chi connectivity index (χ1n) is 8.76. The minimum absolute atomic E-state index is 0.0549. The van der Waals surface area contributed by atoms with Crippen molar-refractivity contribution in [3.8, 4) is 5.69 Å². The third kappa shape index (κ3) is 4.64. The Morgan fingerprint density at radius 2 is 1.96 bits per heavy atom. The van der Waals surface area contributed by atoms with Crippen LogP contribution < -0.4 is 0 Å². The summed E-state index contributed by atoms with van der Waals surface area (Å²) in [7, 11) is 0. The van der Waals surface area contributed by atoms with Crippen LogP contribution in [-0.4, -0.2) is 62.4 Å². The van der Waals surface area contributed by atoms with Gasteiger partial charge in [-0.25, -0.2) is 9.67 Å². The average molecular weight is 393 g/mol. The van der Waals surface area contributed by atoms with E-state index in [1.807, 2.05) is 0 Å². The van der Waals surface area contributed by atoms with Crippen molar-refractivity contribution in [1.82, 2.24) is 19.7 Å². The third-order valence-corrected chi connectivity index (χ3v) is 4.74. The third-order valence-electron chi connectivity index (χ3n) is 4.49. The van der Waals surface area contributed by atoms with Crippen LogP contribution in [0.4, 0.5) is 0 Å². The summed E-state index contributed by atoms with van der Waals surface area (Å²) in [6.45, 7) is 2.97. The molecule has 1 aliphatic heterocycles. The number of amides is 1. The number of hydrogen-bond acceptors (Lipinski definition) is 5. The van der Waals surface area contributed by atoms with Crippen LogP contribution in [0, 0.1) is 6.92 Å². The number of rotatable bonds is 6. The molecule has 1 aliphatic rings. The van der Waals surface area contributed by atoms with Crippen LogP contribution in [0.5, 0.6) is 0 Å². The second-order valence-electron chi connectivity index (χ2n) is 6.36. The Kier molecular flexibility index (Phi) is 6.08. The molecule has 0 bridgehead atoms. The Balaban J connectivity index is 1.85. The van der Waals surface area contributed by atoms with Crippen molar-refractivity contribution < 1.29 is 19.4 Å². The average Bonchev–Trinajstić information content (AvgIpc) is 3.05. The Bertz CT molecular complexity index is 815. The lowest BCUT2D eigenvalue weighted by Crippen LogP contribution is -2.44. The molecule has 0 atom stereocenters. The van der Waals surface area contributed by atoms with Crippen LogP contribution in [0.25, 0.3) is 5.69 Å². The van der Waals surface area contributed by atoms with Gasteiger partial charge in [0, 0.05) is 30.8 Å². The molecule has 0 aliphatic carbocycles. The van der Waals surface area contributed by atoms with Crippen molar-refractivity contribution in [1.29, 1.82) is 0 Å². The first-order valence-corrected chi connectivity index (χ1v) is 9.13. The maximum absolute atomic E-state index is 13.0. The molecule has 2 aromatic rings. The zero-order valence-corrected chi connectivity index (χ0v) is 15.7. The normalized spacial score (nSPS) is 14.9. The molecule has 1 aromatic heterocycles. The summed E-state index contributed by atoms with van der Waals surface area (Å²) in [6, 6.07) is 6.98. The SMILES string of the molecule is Cc1nc(C(=O)N(CCC(=O)O)C2CCOCC2)nn1-c1ccc(Cl)cc1. The number of hydrogen-bond donors (Lipinski definition) is 1. The van der Waals surface area contributed by atoms with E-state index in [0.29, 0.717) is 36.9 Å². The predicted octanol–water partition coefficient (Wildman–Crippen LogP) is 2.33. The molecule has 8 nitrogen and oxygen atoms in total. The van der Waals surface area contributed by atoms with Gasteiger partial charge < -0.3 is 14.7 Å². The topological polar surface area (TPSA) is 97.6 Å². The number of benzene rings is 1. The summed E-state index contributed by atoms with van der Waals surface area (Å²) in [5, 5.41) is 14.0. The molecule has 144 valence electrons. The van der Waals surface area contributed by atoms with E-state index < -0.39 is 5.97 Å². The molecule has 9 heteroatoms. The van der Waals surface area contributed by atoms with Crippen LogP contribution in [0.2, 0.25) is 5.02 Å². The van der Waals surface area contributed by atoms with Gasteiger partial charge in [-0.2, -0.15) is 0 Å². The fourth-order valence-corrected chi connectivity index (χ4v) is 3.22. The number of aliphatic carboxylic acids is 1. The summed E-state index contributed by atoms with van der Waals surface area (Å²) in [5.41, 5.74) is 0.742. The molecule has 1 fully saturated rings. The van der Waals surface area contributed by atoms with Gasteiger partial charge in [0.1, 0.15) is 5.82 Å². The first-order chi connectivity index (χ1) is 13.0. The summed E-state index contributed by atoms with van der Waals surface area (Å²) in [5.74, 6) is -0.695. The molecule has 1 amide bonds. The van der Waals surface area contributed by atoms with E-state index in [1.165, 1.54) is 0 Å². The molecule has 1 aromatic carbocycles. The highest BCUT2D eigenvalue weighted by Crippen LogP contribution is 2.19. The lowest BCUT2D eigenvalue weighted by molar-refractivity contribution is -0.137. The number of carboxylic acid groups (broad SMARTS) is 1. The van der Waals surface area contributed by atoms with E-state index in [0.717, 1.165) is 5.69 Å². The van der Waals surface area contributed by atoms with Crippen molar-refractivity contribution in [3.63, 3.8) is 0 Å². The first kappa shape index (κ1) is 19.3. The van der Waals surface area contributed by atoms with Crippen molar-refractivity contribution in [2.75, 3.05) is 19.8 Å². The van der Waals surface area contributed by atoms with Crippen LogP contribution in [-0.2, 0) is 9.53 Å². The highest BCUT2D eigenvalue weighted by atomic mass is 35.5. The number of ether oxygens (including phenoxy) is 1. The van der Waals surface area contributed by atoms with Gasteiger partial charge in [0.2, 0.25) is 5.82 Å². The van der Waals surface area contributed by atoms with Gasteiger partial charge in [-0.1, -0.05) is 11.6 Å². The number of carboxylic acids is 1. The van der Waals surface area contributed by atoms with Crippen LogP contribution in [0.1, 0.15) is 35.7 Å². The Morgan fingerprint density at radius 1 is 1.30 bits per heavy atom. The molecule has 0 radical (unpaired) electrons. The summed E-state index contributed by atoms with van der Waals surface area (Å²) in [4.78, 5) is 29.9. The van der Waals surface area contributed by atoms with Gasteiger partial charge in [0.25, 0.3) is 5.91 Å². The number of halogens is 1.